The standard InChI is InChI=1S/C14H14ClF2N3/c1-2-3-11-13(15)19-8-20-14(11)18-7-9-4-5-10(16)6-12(9)17/h4-6,8H,2-3,7H2,1H3,(H,18,19,20). The SMILES string of the molecule is CCCc1c(Cl)ncnc1NCc1ccc(F)cc1F. The highest BCUT2D eigenvalue weighted by Crippen LogP contribution is 2.22. The Balaban J connectivity index is 2.16. The number of nitrogens with zero attached hydrogens (tertiary/aromatic N) is 2. The van der Waals surface area contributed by atoms with Gasteiger partial charge in [0.05, 0.1) is 0 Å². The lowest BCUT2D eigenvalue weighted by atomic mass is 10.1. The minimum absolute atomic E-state index is 0.205. The lowest BCUT2D eigenvalue weighted by Gasteiger charge is -2.11. The predicted octanol–water partition coefficient (Wildman–Crippen LogP) is 3.97. The third-order valence-corrected chi connectivity index (χ3v) is 3.18. The van der Waals surface area contributed by atoms with E-state index in [-0.39, 0.29) is 6.54 Å². The van der Waals surface area contributed by atoms with Crippen LogP contribution in [0.2, 0.25) is 5.15 Å². The average Bonchev–Trinajstić information content (AvgIpc) is 2.41. The van der Waals surface area contributed by atoms with Crippen molar-refractivity contribution in [2.24, 2.45) is 0 Å². The Kier molecular flexibility index (Phi) is 4.84. The molecule has 1 aromatic carbocycles. The van der Waals surface area contributed by atoms with Gasteiger partial charge in [-0.25, -0.2) is 18.7 Å². The van der Waals surface area contributed by atoms with Crippen LogP contribution in [0.3, 0.4) is 0 Å². The second-order valence-electron chi connectivity index (χ2n) is 4.33. The molecule has 0 fully saturated rings. The van der Waals surface area contributed by atoms with E-state index in [9.17, 15) is 8.78 Å². The van der Waals surface area contributed by atoms with Crippen LogP contribution in [-0.4, -0.2) is 9.97 Å². The van der Waals surface area contributed by atoms with Gasteiger partial charge < -0.3 is 5.32 Å². The molecule has 20 heavy (non-hydrogen) atoms. The average molecular weight is 298 g/mol. The van der Waals surface area contributed by atoms with Crippen LogP contribution in [0.4, 0.5) is 14.6 Å². The monoisotopic (exact) mass is 297 g/mol. The van der Waals surface area contributed by atoms with Gasteiger partial charge >= 0.3 is 0 Å². The lowest BCUT2D eigenvalue weighted by molar-refractivity contribution is 0.574. The van der Waals surface area contributed by atoms with Gasteiger partial charge in [0.1, 0.15) is 28.9 Å². The molecule has 106 valence electrons. The van der Waals surface area contributed by atoms with Crippen molar-refractivity contribution in [1.82, 2.24) is 9.97 Å². The zero-order valence-electron chi connectivity index (χ0n) is 11.0. The summed E-state index contributed by atoms with van der Waals surface area (Å²) in [7, 11) is 0. The zero-order chi connectivity index (χ0) is 14.5. The summed E-state index contributed by atoms with van der Waals surface area (Å²) in [5, 5.41) is 3.41. The van der Waals surface area contributed by atoms with E-state index in [2.05, 4.69) is 15.3 Å². The zero-order valence-corrected chi connectivity index (χ0v) is 11.7. The molecule has 0 aliphatic heterocycles. The van der Waals surface area contributed by atoms with Crippen LogP contribution in [-0.2, 0) is 13.0 Å². The summed E-state index contributed by atoms with van der Waals surface area (Å²) in [6, 6.07) is 3.48. The Morgan fingerprint density at radius 1 is 1.25 bits per heavy atom. The number of hydrogen-bond donors (Lipinski definition) is 1. The first-order chi connectivity index (χ1) is 9.61. The van der Waals surface area contributed by atoms with E-state index >= 15 is 0 Å². The van der Waals surface area contributed by atoms with Crippen LogP contribution in [0.15, 0.2) is 24.5 Å². The third kappa shape index (κ3) is 3.42. The number of nitrogens with one attached hydrogen (secondary N) is 1. The van der Waals surface area contributed by atoms with Crippen LogP contribution in [0.5, 0.6) is 0 Å². The summed E-state index contributed by atoms with van der Waals surface area (Å²) < 4.78 is 26.4. The molecular formula is C14H14ClF2N3. The normalized spacial score (nSPS) is 10.6. The fourth-order valence-corrected chi connectivity index (χ4v) is 2.09. The first-order valence-electron chi connectivity index (χ1n) is 6.29. The van der Waals surface area contributed by atoms with Crippen LogP contribution in [0, 0.1) is 11.6 Å². The summed E-state index contributed by atoms with van der Waals surface area (Å²) in [6.07, 6.45) is 2.98. The Hall–Kier alpha value is -1.75. The highest BCUT2D eigenvalue weighted by molar-refractivity contribution is 6.30. The molecule has 2 aromatic rings. The maximum absolute atomic E-state index is 13.5. The van der Waals surface area contributed by atoms with E-state index in [1.54, 1.807) is 0 Å². The van der Waals surface area contributed by atoms with E-state index in [4.69, 9.17) is 11.6 Å². The van der Waals surface area contributed by atoms with Gasteiger partial charge in [-0.05, 0) is 12.5 Å². The molecule has 0 radical (unpaired) electrons. The van der Waals surface area contributed by atoms with Gasteiger partial charge in [0.15, 0.2) is 0 Å². The fraction of sp³-hybridized carbons (Fsp3) is 0.286. The minimum atomic E-state index is -0.594. The number of aromatic nitrogens is 2. The fourth-order valence-electron chi connectivity index (χ4n) is 1.86. The first kappa shape index (κ1) is 14.7. The van der Waals surface area contributed by atoms with Crippen molar-refractivity contribution in [2.75, 3.05) is 5.32 Å². The van der Waals surface area contributed by atoms with Gasteiger partial charge in [-0.1, -0.05) is 31.0 Å². The third-order valence-electron chi connectivity index (χ3n) is 2.85. The van der Waals surface area contributed by atoms with E-state index < -0.39 is 11.6 Å². The van der Waals surface area contributed by atoms with Crippen LogP contribution < -0.4 is 5.32 Å². The maximum atomic E-state index is 13.5. The van der Waals surface area contributed by atoms with E-state index in [1.807, 2.05) is 6.92 Å². The second kappa shape index (κ2) is 6.61. The molecule has 0 aliphatic carbocycles. The molecule has 0 saturated carbocycles. The smallest absolute Gasteiger partial charge is 0.137 e. The van der Waals surface area contributed by atoms with Gasteiger partial charge in [-0.2, -0.15) is 0 Å². The Morgan fingerprint density at radius 3 is 2.75 bits per heavy atom. The van der Waals surface area contributed by atoms with Crippen molar-refractivity contribution >= 4 is 17.4 Å². The van der Waals surface area contributed by atoms with Gasteiger partial charge in [0.2, 0.25) is 0 Å². The molecule has 0 bridgehead atoms. The quantitative estimate of drug-likeness (QED) is 0.849. The van der Waals surface area contributed by atoms with Crippen LogP contribution in [0.1, 0.15) is 24.5 Å². The van der Waals surface area contributed by atoms with Crippen molar-refractivity contribution in [3.63, 3.8) is 0 Å². The summed E-state index contributed by atoms with van der Waals surface area (Å²) in [4.78, 5) is 8.05. The molecule has 0 saturated heterocycles. The van der Waals surface area contributed by atoms with Crippen LogP contribution >= 0.6 is 11.6 Å². The van der Waals surface area contributed by atoms with Gasteiger partial charge in [-0.3, -0.25) is 0 Å². The van der Waals surface area contributed by atoms with E-state index in [0.717, 1.165) is 24.5 Å². The molecule has 1 aromatic heterocycles. The summed E-state index contributed by atoms with van der Waals surface area (Å²) in [5.74, 6) is -0.603. The summed E-state index contributed by atoms with van der Waals surface area (Å²) in [5.41, 5.74) is 1.17. The van der Waals surface area contributed by atoms with Crippen molar-refractivity contribution in [3.05, 3.63) is 52.4 Å². The largest absolute Gasteiger partial charge is 0.366 e. The van der Waals surface area contributed by atoms with Crippen molar-refractivity contribution in [3.8, 4) is 0 Å². The summed E-state index contributed by atoms with van der Waals surface area (Å²) >= 11 is 6.03. The number of benzene rings is 1. The predicted molar refractivity (Wildman–Crippen MR) is 74.7 cm³/mol. The first-order valence-corrected chi connectivity index (χ1v) is 6.66. The molecule has 6 heteroatoms. The van der Waals surface area contributed by atoms with Gasteiger partial charge in [0.25, 0.3) is 0 Å². The Labute approximate surface area is 121 Å². The molecule has 0 aliphatic rings. The molecule has 1 heterocycles. The molecule has 0 spiro atoms. The van der Waals surface area contributed by atoms with Gasteiger partial charge in [-0.15, -0.1) is 0 Å². The number of halogens is 3. The molecule has 1 N–H and O–H groups in total. The number of rotatable bonds is 5. The van der Waals surface area contributed by atoms with Crippen LogP contribution in [0.25, 0.3) is 0 Å². The topological polar surface area (TPSA) is 37.8 Å². The second-order valence-corrected chi connectivity index (χ2v) is 4.69. The molecule has 0 amide bonds. The molecule has 2 rings (SSSR count). The van der Waals surface area contributed by atoms with Crippen molar-refractivity contribution in [2.45, 2.75) is 26.3 Å². The molecule has 0 unspecified atom stereocenters. The van der Waals surface area contributed by atoms with E-state index in [0.29, 0.717) is 16.5 Å². The molecular weight excluding hydrogens is 284 g/mol. The number of anilines is 1. The minimum Gasteiger partial charge on any atom is -0.366 e. The molecule has 3 nitrogen and oxygen atoms in total. The Bertz CT molecular complexity index is 605. The van der Waals surface area contributed by atoms with Gasteiger partial charge in [0, 0.05) is 23.7 Å². The van der Waals surface area contributed by atoms with E-state index in [1.165, 1.54) is 18.5 Å². The maximum Gasteiger partial charge on any atom is 0.137 e. The summed E-state index contributed by atoms with van der Waals surface area (Å²) in [6.45, 7) is 2.23. The van der Waals surface area contributed by atoms with Crippen molar-refractivity contribution in [1.29, 1.82) is 0 Å². The lowest BCUT2D eigenvalue weighted by Crippen LogP contribution is -2.07. The number of hydrogen-bond acceptors (Lipinski definition) is 3. The molecule has 0 atom stereocenters. The Morgan fingerprint density at radius 2 is 2.05 bits per heavy atom. The highest BCUT2D eigenvalue weighted by atomic mass is 35.5. The van der Waals surface area contributed by atoms with Crippen molar-refractivity contribution < 1.29 is 8.78 Å². The highest BCUT2D eigenvalue weighted by Gasteiger charge is 2.10.